The van der Waals surface area contributed by atoms with Crippen LogP contribution in [-0.4, -0.2) is 24.9 Å². The Bertz CT molecular complexity index is 406. The summed E-state index contributed by atoms with van der Waals surface area (Å²) < 4.78 is 1.62. The monoisotopic (exact) mass is 176 g/mol. The lowest BCUT2D eigenvalue weighted by atomic mass is 10.3. The minimum atomic E-state index is 0.144. The van der Waals surface area contributed by atoms with E-state index in [9.17, 15) is 0 Å². The van der Waals surface area contributed by atoms with Crippen molar-refractivity contribution in [3.05, 3.63) is 24.7 Å². The fraction of sp³-hybridized carbons (Fsp3) is 0.125. The van der Waals surface area contributed by atoms with Crippen molar-refractivity contribution in [3.8, 4) is 17.3 Å². The van der Waals surface area contributed by atoms with Gasteiger partial charge in [0.05, 0.1) is 6.20 Å². The number of rotatable bonds is 1. The smallest absolute Gasteiger partial charge is 0.176 e. The minimum Gasteiger partial charge on any atom is -0.506 e. The molecule has 0 aliphatic carbocycles. The molecule has 13 heavy (non-hydrogen) atoms. The molecule has 0 saturated heterocycles. The van der Waals surface area contributed by atoms with Crippen LogP contribution in [0.2, 0.25) is 0 Å². The highest BCUT2D eigenvalue weighted by molar-refractivity contribution is 5.49. The molecule has 0 bridgehead atoms. The summed E-state index contributed by atoms with van der Waals surface area (Å²) in [4.78, 5) is 8.03. The van der Waals surface area contributed by atoms with E-state index in [1.165, 1.54) is 12.5 Å². The molecule has 2 rings (SSSR count). The summed E-state index contributed by atoms with van der Waals surface area (Å²) >= 11 is 0. The number of pyridine rings is 1. The Hall–Kier alpha value is -1.91. The van der Waals surface area contributed by atoms with Crippen LogP contribution < -0.4 is 0 Å². The van der Waals surface area contributed by atoms with Crippen LogP contribution in [0.3, 0.4) is 0 Å². The van der Waals surface area contributed by atoms with Crippen molar-refractivity contribution in [2.24, 2.45) is 7.05 Å². The number of aromatic hydroxyl groups is 1. The van der Waals surface area contributed by atoms with Gasteiger partial charge in [-0.1, -0.05) is 0 Å². The van der Waals surface area contributed by atoms with Crippen molar-refractivity contribution in [2.75, 3.05) is 0 Å². The lowest BCUT2D eigenvalue weighted by Crippen LogP contribution is -1.95. The highest BCUT2D eigenvalue weighted by atomic mass is 16.3. The first-order chi connectivity index (χ1) is 6.27. The molecule has 5 heteroatoms. The number of nitrogens with zero attached hydrogens (tertiary/aromatic N) is 4. The van der Waals surface area contributed by atoms with E-state index in [1.807, 2.05) is 0 Å². The van der Waals surface area contributed by atoms with Crippen LogP contribution in [0.15, 0.2) is 24.7 Å². The Morgan fingerprint density at radius 2 is 2.15 bits per heavy atom. The summed E-state index contributed by atoms with van der Waals surface area (Å²) in [5.41, 5.74) is 0.692. The molecule has 0 amide bonds. The Balaban J connectivity index is 2.47. The molecule has 0 spiro atoms. The SMILES string of the molecule is Cn1ncnc1-c1ccc(O)cn1. The molecular weight excluding hydrogens is 168 g/mol. The summed E-state index contributed by atoms with van der Waals surface area (Å²) in [5, 5.41) is 12.9. The van der Waals surface area contributed by atoms with Gasteiger partial charge >= 0.3 is 0 Å². The zero-order valence-electron chi connectivity index (χ0n) is 7.05. The Morgan fingerprint density at radius 1 is 1.31 bits per heavy atom. The lowest BCUT2D eigenvalue weighted by molar-refractivity contribution is 0.473. The normalized spacial score (nSPS) is 10.2. The Labute approximate surface area is 74.7 Å². The Kier molecular flexibility index (Phi) is 1.70. The van der Waals surface area contributed by atoms with E-state index in [1.54, 1.807) is 23.9 Å². The predicted octanol–water partition coefficient (Wildman–Crippen LogP) is 0.583. The number of aryl methyl sites for hydroxylation is 1. The zero-order chi connectivity index (χ0) is 9.26. The first-order valence-corrected chi connectivity index (χ1v) is 3.77. The van der Waals surface area contributed by atoms with Gasteiger partial charge in [-0.15, -0.1) is 0 Å². The molecule has 66 valence electrons. The van der Waals surface area contributed by atoms with Crippen LogP contribution in [0, 0.1) is 0 Å². The summed E-state index contributed by atoms with van der Waals surface area (Å²) in [7, 11) is 1.79. The summed E-state index contributed by atoms with van der Waals surface area (Å²) in [6, 6.07) is 3.26. The number of aromatic nitrogens is 4. The van der Waals surface area contributed by atoms with Gasteiger partial charge in [0.2, 0.25) is 0 Å². The van der Waals surface area contributed by atoms with Crippen LogP contribution >= 0.6 is 0 Å². The van der Waals surface area contributed by atoms with Gasteiger partial charge in [-0.05, 0) is 12.1 Å². The van der Waals surface area contributed by atoms with Gasteiger partial charge in [0.15, 0.2) is 5.82 Å². The molecule has 2 aromatic heterocycles. The van der Waals surface area contributed by atoms with Crippen molar-refractivity contribution < 1.29 is 5.11 Å². The first kappa shape index (κ1) is 7.72. The molecule has 0 unspecified atom stereocenters. The predicted molar refractivity (Wildman–Crippen MR) is 45.9 cm³/mol. The van der Waals surface area contributed by atoms with Gasteiger partial charge < -0.3 is 5.11 Å². The quantitative estimate of drug-likeness (QED) is 0.690. The minimum absolute atomic E-state index is 0.144. The van der Waals surface area contributed by atoms with E-state index in [4.69, 9.17) is 5.11 Å². The third-order valence-corrected chi connectivity index (χ3v) is 1.69. The molecule has 2 aromatic rings. The lowest BCUT2D eigenvalue weighted by Gasteiger charge is -1.98. The van der Waals surface area contributed by atoms with Crippen molar-refractivity contribution in [2.45, 2.75) is 0 Å². The van der Waals surface area contributed by atoms with E-state index >= 15 is 0 Å². The molecule has 0 fully saturated rings. The largest absolute Gasteiger partial charge is 0.506 e. The molecule has 0 aliphatic heterocycles. The standard InChI is InChI=1S/C8H8N4O/c1-12-8(10-5-11-12)7-3-2-6(13)4-9-7/h2-5,13H,1H3. The van der Waals surface area contributed by atoms with Gasteiger partial charge in [0.25, 0.3) is 0 Å². The van der Waals surface area contributed by atoms with Crippen molar-refractivity contribution in [1.29, 1.82) is 0 Å². The van der Waals surface area contributed by atoms with Crippen LogP contribution in [0.4, 0.5) is 0 Å². The first-order valence-electron chi connectivity index (χ1n) is 3.77. The molecule has 0 aliphatic rings. The van der Waals surface area contributed by atoms with E-state index in [0.717, 1.165) is 0 Å². The van der Waals surface area contributed by atoms with Crippen LogP contribution in [0.25, 0.3) is 11.5 Å². The van der Waals surface area contributed by atoms with Gasteiger partial charge in [-0.25, -0.2) is 14.6 Å². The third kappa shape index (κ3) is 1.35. The fourth-order valence-electron chi connectivity index (χ4n) is 1.05. The zero-order valence-corrected chi connectivity index (χ0v) is 7.05. The fourth-order valence-corrected chi connectivity index (χ4v) is 1.05. The molecule has 2 heterocycles. The molecular formula is C8H8N4O. The molecule has 0 radical (unpaired) electrons. The second-order valence-corrected chi connectivity index (χ2v) is 2.61. The third-order valence-electron chi connectivity index (χ3n) is 1.69. The van der Waals surface area contributed by atoms with Crippen molar-refractivity contribution >= 4 is 0 Å². The van der Waals surface area contributed by atoms with E-state index in [0.29, 0.717) is 11.5 Å². The van der Waals surface area contributed by atoms with Crippen LogP contribution in [0.1, 0.15) is 0 Å². The highest BCUT2D eigenvalue weighted by Crippen LogP contribution is 2.14. The van der Waals surface area contributed by atoms with E-state index in [2.05, 4.69) is 15.1 Å². The second kappa shape index (κ2) is 2.85. The van der Waals surface area contributed by atoms with Crippen LogP contribution in [-0.2, 0) is 7.05 Å². The maximum absolute atomic E-state index is 9.02. The topological polar surface area (TPSA) is 63.8 Å². The van der Waals surface area contributed by atoms with E-state index in [-0.39, 0.29) is 5.75 Å². The van der Waals surface area contributed by atoms with Gasteiger partial charge in [-0.3, -0.25) is 0 Å². The number of hydrogen-bond acceptors (Lipinski definition) is 4. The average Bonchev–Trinajstić information content (AvgIpc) is 2.53. The van der Waals surface area contributed by atoms with Crippen molar-refractivity contribution in [3.63, 3.8) is 0 Å². The summed E-state index contributed by atoms with van der Waals surface area (Å²) in [6.45, 7) is 0. The average molecular weight is 176 g/mol. The molecule has 1 N–H and O–H groups in total. The van der Waals surface area contributed by atoms with Crippen molar-refractivity contribution in [1.82, 2.24) is 19.7 Å². The summed E-state index contributed by atoms with van der Waals surface area (Å²) in [6.07, 6.45) is 2.84. The molecule has 0 saturated carbocycles. The maximum Gasteiger partial charge on any atom is 0.176 e. The maximum atomic E-state index is 9.02. The van der Waals surface area contributed by atoms with Gasteiger partial charge in [-0.2, -0.15) is 5.10 Å². The Morgan fingerprint density at radius 3 is 2.69 bits per heavy atom. The summed E-state index contributed by atoms with van der Waals surface area (Å²) in [5.74, 6) is 0.825. The van der Waals surface area contributed by atoms with Crippen LogP contribution in [0.5, 0.6) is 5.75 Å². The van der Waals surface area contributed by atoms with E-state index < -0.39 is 0 Å². The molecule has 0 atom stereocenters. The van der Waals surface area contributed by atoms with Gasteiger partial charge in [0, 0.05) is 7.05 Å². The highest BCUT2D eigenvalue weighted by Gasteiger charge is 2.04. The molecule has 0 aromatic carbocycles. The van der Waals surface area contributed by atoms with Gasteiger partial charge in [0.1, 0.15) is 17.8 Å². The molecule has 5 nitrogen and oxygen atoms in total. The second-order valence-electron chi connectivity index (χ2n) is 2.61. The number of hydrogen-bond donors (Lipinski definition) is 1.